The normalized spacial score (nSPS) is 13.6. The zero-order valence-electron chi connectivity index (χ0n) is 18.3. The Labute approximate surface area is 199 Å². The van der Waals surface area contributed by atoms with E-state index in [9.17, 15) is 4.39 Å². The molecule has 0 amide bonds. The largest absolute Gasteiger partial charge is 0.399 e. The van der Waals surface area contributed by atoms with Crippen molar-refractivity contribution in [3.63, 3.8) is 0 Å². The minimum absolute atomic E-state index is 0.217. The van der Waals surface area contributed by atoms with Crippen molar-refractivity contribution in [1.82, 2.24) is 0 Å². The number of benzene rings is 3. The monoisotopic (exact) mass is 462 g/mol. The maximum Gasteiger partial charge on any atom is 0.142 e. The molecule has 33 heavy (non-hydrogen) atoms. The molecule has 1 fully saturated rings. The van der Waals surface area contributed by atoms with Crippen LogP contribution >= 0.6 is 11.6 Å². The molecule has 0 heterocycles. The fourth-order valence-electron chi connectivity index (χ4n) is 3.09. The number of nitrogens with one attached hydrogen (secondary N) is 1. The third-order valence-corrected chi connectivity index (χ3v) is 5.37. The van der Waals surface area contributed by atoms with Gasteiger partial charge in [-0.1, -0.05) is 66.7 Å². The zero-order valence-corrected chi connectivity index (χ0v) is 19.0. The summed E-state index contributed by atoms with van der Waals surface area (Å²) in [6.45, 7) is 3.72. The summed E-state index contributed by atoms with van der Waals surface area (Å²) in [7, 11) is 0. The van der Waals surface area contributed by atoms with Gasteiger partial charge in [0, 0.05) is 17.1 Å². The zero-order chi connectivity index (χ0) is 23.8. The molecule has 0 spiro atoms. The molecule has 0 bridgehead atoms. The fraction of sp³-hybridized carbons (Fsp3) is 0.111. The van der Waals surface area contributed by atoms with Crippen molar-refractivity contribution in [2.24, 2.45) is 17.2 Å². The molecule has 170 valence electrons. The highest BCUT2D eigenvalue weighted by molar-refractivity contribution is 6.30. The molecular weight excluding hydrogens is 435 g/mol. The summed E-state index contributed by atoms with van der Waals surface area (Å²) in [6, 6.07) is 22.3. The second kappa shape index (κ2) is 11.2. The van der Waals surface area contributed by atoms with Gasteiger partial charge in [0.2, 0.25) is 0 Å². The van der Waals surface area contributed by atoms with Crippen LogP contribution in [-0.2, 0) is 0 Å². The van der Waals surface area contributed by atoms with Crippen molar-refractivity contribution in [2.45, 2.75) is 18.8 Å². The van der Waals surface area contributed by atoms with E-state index in [2.05, 4.69) is 11.9 Å². The van der Waals surface area contributed by atoms with Crippen LogP contribution in [0.2, 0.25) is 5.02 Å². The van der Waals surface area contributed by atoms with Crippen LogP contribution in [0.1, 0.15) is 35.4 Å². The number of nitrogens with two attached hydrogens (primary N) is 3. The van der Waals surface area contributed by atoms with Gasteiger partial charge < -0.3 is 22.5 Å². The maximum absolute atomic E-state index is 12.8. The van der Waals surface area contributed by atoms with Gasteiger partial charge in [-0.3, -0.25) is 0 Å². The molecule has 0 aromatic heterocycles. The summed E-state index contributed by atoms with van der Waals surface area (Å²) in [6.07, 6.45) is 5.89. The first-order chi connectivity index (χ1) is 15.8. The number of rotatable bonds is 6. The number of anilines is 1. The smallest absolute Gasteiger partial charge is 0.142 e. The van der Waals surface area contributed by atoms with E-state index in [0.717, 1.165) is 22.4 Å². The van der Waals surface area contributed by atoms with Crippen LogP contribution in [0.5, 0.6) is 0 Å². The Hall–Kier alpha value is -3.70. The molecule has 4 rings (SSSR count). The van der Waals surface area contributed by atoms with Crippen molar-refractivity contribution in [3.05, 3.63) is 125 Å². The maximum atomic E-state index is 12.8. The Kier molecular flexibility index (Phi) is 8.17. The fourth-order valence-corrected chi connectivity index (χ4v) is 3.21. The average molecular weight is 463 g/mol. The van der Waals surface area contributed by atoms with Crippen molar-refractivity contribution in [3.8, 4) is 0 Å². The second-order valence-corrected chi connectivity index (χ2v) is 8.20. The van der Waals surface area contributed by atoms with Crippen LogP contribution in [0, 0.1) is 5.82 Å². The first kappa shape index (κ1) is 24.0. The van der Waals surface area contributed by atoms with Crippen molar-refractivity contribution < 1.29 is 4.39 Å². The molecule has 0 aliphatic heterocycles. The van der Waals surface area contributed by atoms with Crippen molar-refractivity contribution in [2.75, 3.05) is 5.32 Å². The van der Waals surface area contributed by atoms with Gasteiger partial charge >= 0.3 is 0 Å². The molecular formula is C27H28ClFN4. The Balaban J connectivity index is 0.000000231. The van der Waals surface area contributed by atoms with E-state index in [1.165, 1.54) is 12.8 Å². The quantitative estimate of drug-likeness (QED) is 0.329. The minimum atomic E-state index is -0.295. The molecule has 0 saturated heterocycles. The van der Waals surface area contributed by atoms with E-state index in [1.54, 1.807) is 24.3 Å². The van der Waals surface area contributed by atoms with Gasteiger partial charge in [0.15, 0.2) is 0 Å². The lowest BCUT2D eigenvalue weighted by atomic mass is 10.1. The Bertz CT molecular complexity index is 1170. The van der Waals surface area contributed by atoms with Crippen molar-refractivity contribution in [1.29, 1.82) is 0 Å². The van der Waals surface area contributed by atoms with Gasteiger partial charge in [0.05, 0.1) is 5.02 Å². The third-order valence-electron chi connectivity index (χ3n) is 5.06. The summed E-state index contributed by atoms with van der Waals surface area (Å²) < 4.78 is 12.8. The summed E-state index contributed by atoms with van der Waals surface area (Å²) >= 11 is 5.53. The number of hydrogen-bond donors (Lipinski definition) is 4. The molecule has 7 N–H and O–H groups in total. The van der Waals surface area contributed by atoms with Crippen LogP contribution < -0.4 is 22.5 Å². The van der Waals surface area contributed by atoms with E-state index < -0.39 is 0 Å². The van der Waals surface area contributed by atoms with E-state index in [1.807, 2.05) is 60.7 Å². The first-order valence-corrected chi connectivity index (χ1v) is 11.0. The molecule has 3 aromatic rings. The lowest BCUT2D eigenvalue weighted by Crippen LogP contribution is -2.09. The molecule has 1 saturated carbocycles. The molecule has 1 aliphatic rings. The Morgan fingerprint density at radius 1 is 0.909 bits per heavy atom. The second-order valence-electron chi connectivity index (χ2n) is 7.79. The van der Waals surface area contributed by atoms with Crippen LogP contribution in [0.4, 0.5) is 10.1 Å². The van der Waals surface area contributed by atoms with Gasteiger partial charge in [-0.15, -0.1) is 0 Å². The molecule has 0 atom stereocenters. The predicted molar refractivity (Wildman–Crippen MR) is 138 cm³/mol. The van der Waals surface area contributed by atoms with Gasteiger partial charge in [-0.2, -0.15) is 0 Å². The molecule has 0 unspecified atom stereocenters. The number of allylic oxidation sites excluding steroid dienone is 2. The predicted octanol–water partition coefficient (Wildman–Crippen LogP) is 6.18. The highest BCUT2D eigenvalue weighted by atomic mass is 35.5. The third kappa shape index (κ3) is 7.44. The first-order valence-electron chi connectivity index (χ1n) is 10.6. The van der Waals surface area contributed by atoms with Crippen molar-refractivity contribution >= 4 is 28.7 Å². The SMILES string of the molecule is C=C(N)c1cccc(N/C(N)=C/C=C(\N)c2ccccc2)c1.Fc1cc(C2CC2)ccc1Cl. The van der Waals surface area contributed by atoms with Gasteiger partial charge in [-0.25, -0.2) is 4.39 Å². The standard InChI is InChI=1S/C18H20N4.C9H8ClF/c1-13(19)15-8-5-9-16(12-15)22-18(21)11-10-17(20)14-6-3-2-4-7-14;10-8-4-3-7(5-9(8)11)6-1-2-6/h2-12,22H,1,19-21H2;3-6H,1-2H2/b17-10-,18-11+;. The van der Waals surface area contributed by atoms with Crippen LogP contribution in [0.25, 0.3) is 11.4 Å². The van der Waals surface area contributed by atoms with Gasteiger partial charge in [0.1, 0.15) is 11.6 Å². The Morgan fingerprint density at radius 2 is 1.61 bits per heavy atom. The summed E-state index contributed by atoms with van der Waals surface area (Å²) in [4.78, 5) is 0. The van der Waals surface area contributed by atoms with Crippen LogP contribution in [-0.4, -0.2) is 0 Å². The molecule has 3 aromatic carbocycles. The summed E-state index contributed by atoms with van der Waals surface area (Å²) in [5.41, 5.74) is 22.5. The van der Waals surface area contributed by atoms with Gasteiger partial charge in [0.25, 0.3) is 0 Å². The van der Waals surface area contributed by atoms with E-state index in [0.29, 0.717) is 23.1 Å². The number of hydrogen-bond acceptors (Lipinski definition) is 4. The molecule has 1 aliphatic carbocycles. The molecule has 4 nitrogen and oxygen atoms in total. The lowest BCUT2D eigenvalue weighted by Gasteiger charge is -2.08. The van der Waals surface area contributed by atoms with Crippen LogP contribution in [0.15, 0.2) is 97.3 Å². The Morgan fingerprint density at radius 3 is 2.24 bits per heavy atom. The van der Waals surface area contributed by atoms with Crippen LogP contribution in [0.3, 0.4) is 0 Å². The average Bonchev–Trinajstić information content (AvgIpc) is 3.66. The van der Waals surface area contributed by atoms with E-state index in [4.69, 9.17) is 28.8 Å². The topological polar surface area (TPSA) is 90.1 Å². The highest BCUT2D eigenvalue weighted by Crippen LogP contribution is 2.40. The van der Waals surface area contributed by atoms with E-state index >= 15 is 0 Å². The minimum Gasteiger partial charge on any atom is -0.399 e. The van der Waals surface area contributed by atoms with E-state index in [-0.39, 0.29) is 10.8 Å². The number of halogens is 2. The molecule has 6 heteroatoms. The summed E-state index contributed by atoms with van der Waals surface area (Å²) in [5, 5.41) is 3.30. The summed E-state index contributed by atoms with van der Waals surface area (Å²) in [5.74, 6) is 0.788. The molecule has 0 radical (unpaired) electrons. The highest BCUT2D eigenvalue weighted by Gasteiger charge is 2.23. The van der Waals surface area contributed by atoms with Gasteiger partial charge in [-0.05, 0) is 71.9 Å². The lowest BCUT2D eigenvalue weighted by molar-refractivity contribution is 0.626.